The largest absolute Gasteiger partial charge is 0.446 e. The van der Waals surface area contributed by atoms with Crippen LogP contribution in [0.2, 0.25) is 0 Å². The lowest BCUT2D eigenvalue weighted by molar-refractivity contribution is -0.0577. The molecule has 2 aromatic carbocycles. The molecule has 16 unspecified atom stereocenters. The Morgan fingerprint density at radius 2 is 1.12 bits per heavy atom. The van der Waals surface area contributed by atoms with Gasteiger partial charge in [0.25, 0.3) is 0 Å². The quantitative estimate of drug-likeness (QED) is 0.0798. The minimum Gasteiger partial charge on any atom is -0.446 e. The van der Waals surface area contributed by atoms with Crippen LogP contribution in [0.3, 0.4) is 0 Å². The highest BCUT2D eigenvalue weighted by atomic mass is 16.6. The van der Waals surface area contributed by atoms with Gasteiger partial charge < -0.3 is 9.84 Å². The third-order valence-electron chi connectivity index (χ3n) is 23.7. The molecular formula is C72H106N4O4. The van der Waals surface area contributed by atoms with Crippen molar-refractivity contribution in [3.05, 3.63) is 112 Å². The Kier molecular flexibility index (Phi) is 20.4. The van der Waals surface area contributed by atoms with Crippen LogP contribution in [0.5, 0.6) is 0 Å². The first kappa shape index (κ1) is 61.7. The predicted molar refractivity (Wildman–Crippen MR) is 333 cm³/mol. The summed E-state index contributed by atoms with van der Waals surface area (Å²) in [5.74, 6) is 10.00. The van der Waals surface area contributed by atoms with E-state index >= 15 is 0 Å². The third-order valence-corrected chi connectivity index (χ3v) is 23.7. The average Bonchev–Trinajstić information content (AvgIpc) is 4.01. The summed E-state index contributed by atoms with van der Waals surface area (Å²) in [5, 5.41) is 16.1. The molecule has 0 aliphatic heterocycles. The zero-order valence-electron chi connectivity index (χ0n) is 51.5. The van der Waals surface area contributed by atoms with E-state index in [1.165, 1.54) is 109 Å². The molecule has 0 heterocycles. The van der Waals surface area contributed by atoms with Crippen LogP contribution in [-0.2, 0) is 4.74 Å². The van der Waals surface area contributed by atoms with Gasteiger partial charge in [-0.05, 0) is 223 Å². The Labute approximate surface area is 485 Å². The number of aliphatic hydroxyl groups excluding tert-OH is 1. The number of aliphatic hydroxyl groups is 1. The molecule has 8 nitrogen and oxygen atoms in total. The second kappa shape index (κ2) is 26.5. The van der Waals surface area contributed by atoms with Gasteiger partial charge in [0.1, 0.15) is 6.10 Å². The normalized spacial score (nSPS) is 35.4. The van der Waals surface area contributed by atoms with Crippen molar-refractivity contribution in [2.24, 2.45) is 97.8 Å². The topological polar surface area (TPSA) is 124 Å². The van der Waals surface area contributed by atoms with Crippen molar-refractivity contribution in [3.8, 4) is 0 Å². The SMILES string of the molecule is C=Cc1ccc(C(=O)N=[N+]=[N-])cc1.C=Cc1ccc(NC(=O)OC2CCC3(C)C(=CCC4C3CCC3(C)C(C(C)CCCC(C)C)CCC43)C2)cc1.CC(C)CCCC(C)C1CCC2C3CC=C4CC(O)CCC4(C)C3CCC12C. The molecule has 0 saturated heterocycles. The van der Waals surface area contributed by atoms with Crippen LogP contribution in [0.25, 0.3) is 22.6 Å². The summed E-state index contributed by atoms with van der Waals surface area (Å²) in [6.45, 7) is 32.5. The average molecular weight is 1090 g/mol. The fourth-order valence-corrected chi connectivity index (χ4v) is 19.3. The van der Waals surface area contributed by atoms with Gasteiger partial charge in [-0.3, -0.25) is 10.1 Å². The van der Waals surface area contributed by atoms with E-state index in [9.17, 15) is 14.7 Å². The second-order valence-electron chi connectivity index (χ2n) is 29.0. The van der Waals surface area contributed by atoms with E-state index in [0.717, 1.165) is 120 Å². The standard InChI is InChI=1S/C36H53NO2.C27H46O.C9H7N3O/c1-7-26-11-14-28(15-12-26)37-34(38)39-29-19-21-35(5)27(23-29)13-16-30-32-18-17-31(25(4)10-8-9-24(2)3)36(32,6)22-20-33(30)35;1-18(2)7-6-8-19(3)23-11-12-24-22-10-9-20-17-21(28)13-15-26(20,4)25(22)14-16-27(23,24)5;1-2-7-3-5-8(6-4-7)9(13)11-12-10/h7,11-15,24-25,29-33H,1,8-10,16-23H2,2-6H3,(H,37,38);9,18-19,21-25,28H,6-8,10-17H2,1-5H3;2-6H,1H2. The number of benzene rings is 2. The van der Waals surface area contributed by atoms with Gasteiger partial charge in [-0.25, -0.2) is 4.79 Å². The maximum atomic E-state index is 12.7. The Morgan fingerprint density at radius 1 is 0.650 bits per heavy atom. The maximum Gasteiger partial charge on any atom is 0.411 e. The number of carbonyl (C=O) groups is 2. The minimum absolute atomic E-state index is 0.0234. The van der Waals surface area contributed by atoms with Gasteiger partial charge in [-0.15, -0.1) is 0 Å². The van der Waals surface area contributed by atoms with E-state index < -0.39 is 5.91 Å². The van der Waals surface area contributed by atoms with Crippen LogP contribution < -0.4 is 5.32 Å². The summed E-state index contributed by atoms with van der Waals surface area (Å²) in [5.41, 5.74) is 16.1. The summed E-state index contributed by atoms with van der Waals surface area (Å²) in [7, 11) is 0. The van der Waals surface area contributed by atoms with Crippen molar-refractivity contribution in [2.75, 3.05) is 5.32 Å². The summed E-state index contributed by atoms with van der Waals surface area (Å²) < 4.78 is 5.94. The number of nitrogens with one attached hydrogen (secondary N) is 1. The molecule has 6 fully saturated rings. The van der Waals surface area contributed by atoms with E-state index in [-0.39, 0.29) is 23.7 Å². The minimum atomic E-state index is -0.571. The zero-order chi connectivity index (χ0) is 57.6. The Hall–Kier alpha value is -4.39. The fourth-order valence-electron chi connectivity index (χ4n) is 19.3. The Balaban J connectivity index is 0.000000178. The Morgan fingerprint density at radius 3 is 1.60 bits per heavy atom. The van der Waals surface area contributed by atoms with E-state index in [1.807, 2.05) is 24.3 Å². The molecule has 2 amide bonds. The summed E-state index contributed by atoms with van der Waals surface area (Å²) in [6.07, 6.45) is 37.0. The number of ether oxygens (including phenoxy) is 1. The van der Waals surface area contributed by atoms with Crippen LogP contribution in [0.15, 0.2) is 90.1 Å². The lowest BCUT2D eigenvalue weighted by atomic mass is 9.47. The molecule has 2 N–H and O–H groups in total. The van der Waals surface area contributed by atoms with Crippen molar-refractivity contribution >= 4 is 29.8 Å². The number of azide groups is 1. The van der Waals surface area contributed by atoms with Gasteiger partial charge in [0, 0.05) is 22.6 Å². The van der Waals surface area contributed by atoms with Crippen molar-refractivity contribution in [1.29, 1.82) is 0 Å². The van der Waals surface area contributed by atoms with E-state index in [4.69, 9.17) is 10.3 Å². The lowest BCUT2D eigenvalue weighted by Crippen LogP contribution is -2.51. The molecule has 0 aromatic heterocycles. The van der Waals surface area contributed by atoms with Gasteiger partial charge in [-0.2, -0.15) is 0 Å². The number of hydrogen-bond acceptors (Lipinski definition) is 4. The van der Waals surface area contributed by atoms with Crippen LogP contribution >= 0.6 is 0 Å². The Bertz CT molecular complexity index is 2560. The first-order chi connectivity index (χ1) is 38.2. The highest BCUT2D eigenvalue weighted by molar-refractivity contribution is 5.95. The summed E-state index contributed by atoms with van der Waals surface area (Å²) >= 11 is 0. The molecule has 438 valence electrons. The molecule has 80 heavy (non-hydrogen) atoms. The van der Waals surface area contributed by atoms with E-state index in [1.54, 1.807) is 47.6 Å². The van der Waals surface area contributed by atoms with Gasteiger partial charge >= 0.3 is 6.09 Å². The number of rotatable bonds is 15. The van der Waals surface area contributed by atoms with Gasteiger partial charge in [0.2, 0.25) is 5.91 Å². The van der Waals surface area contributed by atoms with Crippen LogP contribution in [-0.4, -0.2) is 29.3 Å². The summed E-state index contributed by atoms with van der Waals surface area (Å²) in [4.78, 5) is 26.1. The van der Waals surface area contributed by atoms with Gasteiger partial charge in [-0.1, -0.05) is 193 Å². The number of nitrogens with zero attached hydrogens (tertiary/aromatic N) is 3. The molecule has 0 spiro atoms. The molecular weight excluding hydrogens is 985 g/mol. The highest BCUT2D eigenvalue weighted by Gasteiger charge is 2.61. The van der Waals surface area contributed by atoms with Crippen LogP contribution in [0.4, 0.5) is 10.5 Å². The number of hydrogen-bond donors (Lipinski definition) is 2. The van der Waals surface area contributed by atoms with Crippen molar-refractivity contribution in [3.63, 3.8) is 0 Å². The number of allylic oxidation sites excluding steroid dienone is 2. The monoisotopic (exact) mass is 1090 g/mol. The molecule has 0 radical (unpaired) electrons. The third kappa shape index (κ3) is 13.3. The molecule has 0 bridgehead atoms. The predicted octanol–water partition coefficient (Wildman–Crippen LogP) is 20.5. The summed E-state index contributed by atoms with van der Waals surface area (Å²) in [6, 6.07) is 14.3. The van der Waals surface area contributed by atoms with Crippen molar-refractivity contribution < 1.29 is 19.4 Å². The number of amides is 2. The smallest absolute Gasteiger partial charge is 0.411 e. The molecule has 8 aliphatic rings. The van der Waals surface area contributed by atoms with E-state index in [2.05, 4.69) is 110 Å². The van der Waals surface area contributed by atoms with Crippen LogP contribution in [0, 0.1) is 92.7 Å². The maximum absolute atomic E-state index is 12.7. The molecule has 10 rings (SSSR count). The van der Waals surface area contributed by atoms with Crippen molar-refractivity contribution in [1.82, 2.24) is 0 Å². The molecule has 6 saturated carbocycles. The van der Waals surface area contributed by atoms with Gasteiger partial charge in [0.05, 0.1) is 6.10 Å². The molecule has 2 aromatic rings. The first-order valence-electron chi connectivity index (χ1n) is 32.3. The lowest BCUT2D eigenvalue weighted by Gasteiger charge is -2.58. The number of carbonyl (C=O) groups excluding carboxylic acids is 2. The molecule has 8 heteroatoms. The number of fused-ring (bicyclic) bond motifs is 10. The van der Waals surface area contributed by atoms with Gasteiger partial charge in [0.15, 0.2) is 0 Å². The molecule has 8 aliphatic carbocycles. The fraction of sp³-hybridized carbons (Fsp3) is 0.694. The first-order valence-corrected chi connectivity index (χ1v) is 32.3. The zero-order valence-corrected chi connectivity index (χ0v) is 51.5. The highest BCUT2D eigenvalue weighted by Crippen LogP contribution is 2.69. The van der Waals surface area contributed by atoms with Crippen molar-refractivity contribution in [2.45, 2.75) is 223 Å². The second-order valence-corrected chi connectivity index (χ2v) is 29.0. The number of anilines is 1. The van der Waals surface area contributed by atoms with Crippen LogP contribution in [0.1, 0.15) is 232 Å². The van der Waals surface area contributed by atoms with E-state index in [0.29, 0.717) is 21.8 Å². The molecule has 16 atom stereocenters.